The predicted molar refractivity (Wildman–Crippen MR) is 72.6 cm³/mol. The highest BCUT2D eigenvalue weighted by atomic mass is 32.1. The van der Waals surface area contributed by atoms with Crippen molar-refractivity contribution >= 4 is 29.3 Å². The molecule has 8 heteroatoms. The molecule has 0 radical (unpaired) electrons. The summed E-state index contributed by atoms with van der Waals surface area (Å²) in [6.45, 7) is 2.52. The average Bonchev–Trinajstić information content (AvgIpc) is 2.87. The zero-order valence-corrected chi connectivity index (χ0v) is 11.7. The molecule has 1 aromatic rings. The Balaban J connectivity index is 2.65. The number of aliphatic carboxylic acids is 2. The Bertz CT molecular complexity index is 474. The molecule has 1 heterocycles. The zero-order chi connectivity index (χ0) is 15.1. The third-order valence-corrected chi connectivity index (χ3v) is 3.43. The van der Waals surface area contributed by atoms with Gasteiger partial charge in [0, 0.05) is 11.4 Å². The highest BCUT2D eigenvalue weighted by Gasteiger charge is 2.25. The smallest absolute Gasteiger partial charge is 0.326 e. The van der Waals surface area contributed by atoms with Gasteiger partial charge in [-0.2, -0.15) is 0 Å². The van der Waals surface area contributed by atoms with Crippen LogP contribution in [0.5, 0.6) is 0 Å². The Kier molecular flexibility index (Phi) is 5.98. The molecule has 0 fully saturated rings. The van der Waals surface area contributed by atoms with Crippen molar-refractivity contribution in [2.45, 2.75) is 25.9 Å². The Morgan fingerprint density at radius 2 is 2.10 bits per heavy atom. The minimum absolute atomic E-state index is 0.361. The molecule has 0 saturated heterocycles. The summed E-state index contributed by atoms with van der Waals surface area (Å²) < 4.78 is 0. The fraction of sp³-hybridized carbons (Fsp3) is 0.417. The second-order valence-corrected chi connectivity index (χ2v) is 5.06. The molecule has 0 aliphatic carbocycles. The van der Waals surface area contributed by atoms with Crippen LogP contribution in [0.4, 0.5) is 4.79 Å². The number of rotatable bonds is 7. The molecule has 20 heavy (non-hydrogen) atoms. The molecule has 1 atom stereocenters. The van der Waals surface area contributed by atoms with Crippen LogP contribution in [0.15, 0.2) is 17.5 Å². The van der Waals surface area contributed by atoms with Gasteiger partial charge in [-0.25, -0.2) is 9.59 Å². The van der Waals surface area contributed by atoms with Crippen molar-refractivity contribution in [2.75, 3.05) is 6.54 Å². The first kappa shape index (κ1) is 16.0. The van der Waals surface area contributed by atoms with E-state index in [2.05, 4.69) is 5.32 Å². The van der Waals surface area contributed by atoms with E-state index in [1.165, 1.54) is 16.2 Å². The van der Waals surface area contributed by atoms with E-state index < -0.39 is 30.4 Å². The van der Waals surface area contributed by atoms with E-state index in [-0.39, 0.29) is 0 Å². The maximum absolute atomic E-state index is 12.0. The van der Waals surface area contributed by atoms with E-state index in [0.717, 1.165) is 4.88 Å². The average molecular weight is 300 g/mol. The second kappa shape index (κ2) is 7.49. The van der Waals surface area contributed by atoms with Crippen molar-refractivity contribution in [1.82, 2.24) is 10.2 Å². The molecular formula is C12H16N2O5S. The van der Waals surface area contributed by atoms with E-state index in [4.69, 9.17) is 10.2 Å². The number of carbonyl (C=O) groups is 3. The minimum atomic E-state index is -1.43. The van der Waals surface area contributed by atoms with Gasteiger partial charge in [0.1, 0.15) is 6.04 Å². The number of carboxylic acid groups (broad SMARTS) is 2. The predicted octanol–water partition coefficient (Wildman–Crippen LogP) is 1.21. The molecule has 3 N–H and O–H groups in total. The Labute approximate surface area is 119 Å². The molecule has 0 aliphatic heterocycles. The third kappa shape index (κ3) is 4.88. The number of hydrogen-bond donors (Lipinski definition) is 3. The van der Waals surface area contributed by atoms with Crippen LogP contribution in [0.2, 0.25) is 0 Å². The van der Waals surface area contributed by atoms with Gasteiger partial charge in [0.25, 0.3) is 0 Å². The number of urea groups is 1. The van der Waals surface area contributed by atoms with Gasteiger partial charge in [-0.1, -0.05) is 6.07 Å². The Morgan fingerprint density at radius 1 is 1.40 bits per heavy atom. The fourth-order valence-electron chi connectivity index (χ4n) is 1.53. The van der Waals surface area contributed by atoms with E-state index in [1.54, 1.807) is 6.92 Å². The summed E-state index contributed by atoms with van der Waals surface area (Å²) in [7, 11) is 0. The highest BCUT2D eigenvalue weighted by Crippen LogP contribution is 2.12. The number of thiophene rings is 1. The van der Waals surface area contributed by atoms with Gasteiger partial charge in [-0.15, -0.1) is 11.3 Å². The first-order valence-corrected chi connectivity index (χ1v) is 6.84. The summed E-state index contributed by atoms with van der Waals surface area (Å²) in [5.41, 5.74) is 0. The van der Waals surface area contributed by atoms with Gasteiger partial charge < -0.3 is 20.4 Å². The maximum atomic E-state index is 12.0. The first-order chi connectivity index (χ1) is 9.43. The maximum Gasteiger partial charge on any atom is 0.326 e. The third-order valence-electron chi connectivity index (χ3n) is 2.57. The van der Waals surface area contributed by atoms with Crippen LogP contribution < -0.4 is 5.32 Å². The van der Waals surface area contributed by atoms with E-state index in [9.17, 15) is 14.4 Å². The van der Waals surface area contributed by atoms with Gasteiger partial charge in [-0.05, 0) is 18.4 Å². The lowest BCUT2D eigenvalue weighted by Crippen LogP contribution is -2.48. The molecule has 110 valence electrons. The number of carboxylic acids is 2. The number of nitrogens with one attached hydrogen (secondary N) is 1. The van der Waals surface area contributed by atoms with E-state index in [0.29, 0.717) is 13.1 Å². The van der Waals surface area contributed by atoms with Crippen molar-refractivity contribution in [2.24, 2.45) is 0 Å². The molecule has 1 aromatic heterocycles. The highest BCUT2D eigenvalue weighted by molar-refractivity contribution is 7.09. The van der Waals surface area contributed by atoms with Crippen molar-refractivity contribution in [3.05, 3.63) is 22.4 Å². The topological polar surface area (TPSA) is 107 Å². The largest absolute Gasteiger partial charge is 0.481 e. The molecular weight excluding hydrogens is 284 g/mol. The zero-order valence-electron chi connectivity index (χ0n) is 10.9. The van der Waals surface area contributed by atoms with Gasteiger partial charge in [0.05, 0.1) is 13.0 Å². The summed E-state index contributed by atoms with van der Waals surface area (Å²) in [6, 6.07) is 1.70. The van der Waals surface area contributed by atoms with Crippen LogP contribution in [-0.2, 0) is 16.1 Å². The quantitative estimate of drug-likeness (QED) is 0.701. The van der Waals surface area contributed by atoms with Crippen molar-refractivity contribution < 1.29 is 24.6 Å². The number of hydrogen-bond acceptors (Lipinski definition) is 4. The molecule has 1 rings (SSSR count). The van der Waals surface area contributed by atoms with Crippen LogP contribution in [0.3, 0.4) is 0 Å². The van der Waals surface area contributed by atoms with Crippen LogP contribution in [0.25, 0.3) is 0 Å². The first-order valence-electron chi connectivity index (χ1n) is 5.96. The van der Waals surface area contributed by atoms with E-state index in [1.807, 2.05) is 17.5 Å². The number of carbonyl (C=O) groups excluding carboxylic acids is 1. The Hall–Kier alpha value is -2.09. The molecule has 0 aliphatic rings. The van der Waals surface area contributed by atoms with E-state index >= 15 is 0 Å². The summed E-state index contributed by atoms with van der Waals surface area (Å²) >= 11 is 1.49. The summed E-state index contributed by atoms with van der Waals surface area (Å²) in [6.07, 6.45) is -0.655. The molecule has 0 spiro atoms. The summed E-state index contributed by atoms with van der Waals surface area (Å²) in [5.74, 6) is -2.65. The minimum Gasteiger partial charge on any atom is -0.481 e. The van der Waals surface area contributed by atoms with Gasteiger partial charge in [0.15, 0.2) is 0 Å². The normalized spacial score (nSPS) is 11.7. The van der Waals surface area contributed by atoms with Crippen LogP contribution in [0.1, 0.15) is 18.2 Å². The van der Waals surface area contributed by atoms with Crippen molar-refractivity contribution in [1.29, 1.82) is 0 Å². The molecule has 0 bridgehead atoms. The summed E-state index contributed by atoms with van der Waals surface area (Å²) in [4.78, 5) is 35.8. The lowest BCUT2D eigenvalue weighted by molar-refractivity contribution is -0.145. The molecule has 0 saturated carbocycles. The monoisotopic (exact) mass is 300 g/mol. The van der Waals surface area contributed by atoms with Crippen LogP contribution in [-0.4, -0.2) is 45.7 Å². The lowest BCUT2D eigenvalue weighted by atomic mass is 10.2. The fourth-order valence-corrected chi connectivity index (χ4v) is 2.25. The van der Waals surface area contributed by atoms with Crippen LogP contribution >= 0.6 is 11.3 Å². The van der Waals surface area contributed by atoms with Crippen molar-refractivity contribution in [3.63, 3.8) is 0 Å². The van der Waals surface area contributed by atoms with Crippen LogP contribution in [0, 0.1) is 0 Å². The van der Waals surface area contributed by atoms with Crippen molar-refractivity contribution in [3.8, 4) is 0 Å². The molecule has 0 aromatic carbocycles. The molecule has 7 nitrogen and oxygen atoms in total. The standard InChI is InChI=1S/C12H16N2O5S/c1-2-14(7-8-4-3-5-20-8)12(19)13-9(11(17)18)6-10(15)16/h3-5,9H,2,6-7H2,1H3,(H,13,19)(H,15,16)(H,17,18)/t9-/m0/s1. The SMILES string of the molecule is CCN(Cc1cccs1)C(=O)N[C@@H](CC(=O)O)C(=O)O. The number of amides is 2. The Morgan fingerprint density at radius 3 is 2.55 bits per heavy atom. The molecule has 2 amide bonds. The summed E-state index contributed by atoms with van der Waals surface area (Å²) in [5, 5.41) is 21.6. The second-order valence-electron chi connectivity index (χ2n) is 4.03. The number of nitrogens with zero attached hydrogens (tertiary/aromatic N) is 1. The lowest BCUT2D eigenvalue weighted by Gasteiger charge is -2.23. The van der Waals surface area contributed by atoms with Gasteiger partial charge in [-0.3, -0.25) is 4.79 Å². The van der Waals surface area contributed by atoms with Gasteiger partial charge >= 0.3 is 18.0 Å². The van der Waals surface area contributed by atoms with Gasteiger partial charge in [0.2, 0.25) is 0 Å². The molecule has 0 unspecified atom stereocenters.